The summed E-state index contributed by atoms with van der Waals surface area (Å²) in [6.07, 6.45) is 7.04. The first-order valence-corrected chi connectivity index (χ1v) is 4.38. The van der Waals surface area contributed by atoms with Gasteiger partial charge in [-0.25, -0.2) is 0 Å². The lowest BCUT2D eigenvalue weighted by Crippen LogP contribution is -2.43. The third-order valence-corrected chi connectivity index (χ3v) is 1.87. The molecule has 0 aliphatic carbocycles. The third-order valence-electron chi connectivity index (χ3n) is 1.87. The van der Waals surface area contributed by atoms with Gasteiger partial charge in [0, 0.05) is 6.04 Å². The third kappa shape index (κ3) is 4.14. The van der Waals surface area contributed by atoms with E-state index in [1.165, 1.54) is 6.42 Å². The Labute approximate surface area is 75.9 Å². The fourth-order valence-corrected chi connectivity index (χ4v) is 0.747. The molecule has 1 heteroatoms. The maximum absolute atomic E-state index is 3.81. The lowest BCUT2D eigenvalue weighted by molar-refractivity contribution is 0.425. The number of nitrogens with one attached hydrogen (secondary N) is 1. The van der Waals surface area contributed by atoms with E-state index in [-0.39, 0.29) is 0 Å². The van der Waals surface area contributed by atoms with Crippen LogP contribution in [0.15, 0.2) is 37.0 Å². The van der Waals surface area contributed by atoms with Gasteiger partial charge in [-0.3, -0.25) is 0 Å². The summed E-state index contributed by atoms with van der Waals surface area (Å²) in [7, 11) is 0. The fourth-order valence-electron chi connectivity index (χ4n) is 0.747. The van der Waals surface area contributed by atoms with Gasteiger partial charge in [0.25, 0.3) is 0 Å². The SMILES string of the molecule is C/C=C\C.C=CC(=C)C1CCN1. The summed E-state index contributed by atoms with van der Waals surface area (Å²) in [4.78, 5) is 0. The standard InChI is InChI=1S/C7H11N.C4H8/c1-3-6(2)7-4-5-8-7;1-3-4-2/h3,7-8H,1-2,4-5H2;3-4H,1-2H3/b;4-3-. The van der Waals surface area contributed by atoms with Crippen LogP contribution in [-0.2, 0) is 0 Å². The maximum atomic E-state index is 3.81. The number of allylic oxidation sites excluding steroid dienone is 2. The minimum atomic E-state index is 0.535. The van der Waals surface area contributed by atoms with Crippen LogP contribution in [0.5, 0.6) is 0 Å². The van der Waals surface area contributed by atoms with Crippen LogP contribution in [-0.4, -0.2) is 12.6 Å². The van der Waals surface area contributed by atoms with E-state index in [2.05, 4.69) is 18.5 Å². The molecule has 1 fully saturated rings. The molecule has 68 valence electrons. The van der Waals surface area contributed by atoms with Gasteiger partial charge in [0.15, 0.2) is 0 Å². The van der Waals surface area contributed by atoms with Gasteiger partial charge in [-0.05, 0) is 32.4 Å². The molecule has 0 radical (unpaired) electrons. The zero-order chi connectivity index (χ0) is 9.40. The molecule has 0 saturated carbocycles. The highest BCUT2D eigenvalue weighted by molar-refractivity contribution is 5.20. The minimum absolute atomic E-state index is 0.535. The second-order valence-electron chi connectivity index (χ2n) is 2.74. The number of rotatable bonds is 2. The van der Waals surface area contributed by atoms with E-state index in [1.807, 2.05) is 32.1 Å². The van der Waals surface area contributed by atoms with Crippen molar-refractivity contribution in [3.05, 3.63) is 37.0 Å². The summed E-state index contributed by atoms with van der Waals surface area (Å²) in [5, 5.41) is 3.23. The van der Waals surface area contributed by atoms with Crippen LogP contribution in [0.4, 0.5) is 0 Å². The summed E-state index contributed by atoms with van der Waals surface area (Å²) >= 11 is 0. The molecular weight excluding hydrogens is 146 g/mol. The molecule has 1 nitrogen and oxygen atoms in total. The van der Waals surface area contributed by atoms with Crippen molar-refractivity contribution >= 4 is 0 Å². The van der Waals surface area contributed by atoms with Gasteiger partial charge >= 0.3 is 0 Å². The number of hydrogen-bond acceptors (Lipinski definition) is 1. The van der Waals surface area contributed by atoms with Crippen LogP contribution in [0.25, 0.3) is 0 Å². The van der Waals surface area contributed by atoms with Crippen molar-refractivity contribution in [2.24, 2.45) is 0 Å². The molecule has 0 bridgehead atoms. The predicted molar refractivity (Wildman–Crippen MR) is 56.2 cm³/mol. The van der Waals surface area contributed by atoms with Crippen molar-refractivity contribution in [2.45, 2.75) is 26.3 Å². The lowest BCUT2D eigenvalue weighted by Gasteiger charge is -2.27. The second-order valence-corrected chi connectivity index (χ2v) is 2.74. The molecule has 1 unspecified atom stereocenters. The summed E-state index contributed by atoms with van der Waals surface area (Å²) in [5.41, 5.74) is 1.12. The van der Waals surface area contributed by atoms with E-state index in [1.54, 1.807) is 0 Å². The fraction of sp³-hybridized carbons (Fsp3) is 0.455. The molecule has 1 rings (SSSR count). The van der Waals surface area contributed by atoms with Crippen molar-refractivity contribution in [3.8, 4) is 0 Å². The van der Waals surface area contributed by atoms with Crippen LogP contribution in [0, 0.1) is 0 Å². The first-order chi connectivity index (χ1) is 5.76. The Morgan fingerprint density at radius 2 is 1.92 bits per heavy atom. The van der Waals surface area contributed by atoms with Crippen molar-refractivity contribution in [3.63, 3.8) is 0 Å². The predicted octanol–water partition coefficient (Wildman–Crippen LogP) is 2.67. The molecule has 1 atom stereocenters. The van der Waals surface area contributed by atoms with Crippen LogP contribution < -0.4 is 5.32 Å². The Bertz CT molecular complexity index is 160. The summed E-state index contributed by atoms with van der Waals surface area (Å²) in [6.45, 7) is 12.6. The van der Waals surface area contributed by atoms with Crippen LogP contribution in [0.1, 0.15) is 20.3 Å². The van der Waals surface area contributed by atoms with Gasteiger partial charge in [0.05, 0.1) is 0 Å². The topological polar surface area (TPSA) is 12.0 Å². The Kier molecular flexibility index (Phi) is 6.39. The van der Waals surface area contributed by atoms with Gasteiger partial charge in [-0.2, -0.15) is 0 Å². The smallest absolute Gasteiger partial charge is 0.0326 e. The van der Waals surface area contributed by atoms with Gasteiger partial charge in [-0.1, -0.05) is 31.4 Å². The Morgan fingerprint density at radius 3 is 2.00 bits per heavy atom. The average Bonchev–Trinajstić information content (AvgIpc) is 2.02. The highest BCUT2D eigenvalue weighted by Gasteiger charge is 2.16. The van der Waals surface area contributed by atoms with Crippen LogP contribution >= 0.6 is 0 Å². The van der Waals surface area contributed by atoms with E-state index < -0.39 is 0 Å². The van der Waals surface area contributed by atoms with Gasteiger partial charge < -0.3 is 5.32 Å². The molecule has 0 aromatic heterocycles. The van der Waals surface area contributed by atoms with E-state index in [0.717, 1.165) is 12.1 Å². The van der Waals surface area contributed by atoms with Crippen molar-refractivity contribution in [2.75, 3.05) is 6.54 Å². The van der Waals surface area contributed by atoms with Crippen molar-refractivity contribution < 1.29 is 0 Å². The Morgan fingerprint density at radius 1 is 1.42 bits per heavy atom. The van der Waals surface area contributed by atoms with Crippen molar-refractivity contribution in [1.29, 1.82) is 0 Å². The quantitative estimate of drug-likeness (QED) is 0.490. The molecule has 0 spiro atoms. The van der Waals surface area contributed by atoms with Gasteiger partial charge in [-0.15, -0.1) is 0 Å². The Balaban J connectivity index is 0.000000261. The normalized spacial score (nSPS) is 20.7. The Hall–Kier alpha value is -0.820. The molecule has 1 N–H and O–H groups in total. The highest BCUT2D eigenvalue weighted by atomic mass is 15.0. The lowest BCUT2D eigenvalue weighted by atomic mass is 10.00. The summed E-state index contributed by atoms with van der Waals surface area (Å²) in [5.74, 6) is 0. The molecule has 0 amide bonds. The first-order valence-electron chi connectivity index (χ1n) is 4.38. The van der Waals surface area contributed by atoms with E-state index in [0.29, 0.717) is 6.04 Å². The average molecular weight is 165 g/mol. The molecule has 0 aromatic carbocycles. The van der Waals surface area contributed by atoms with Crippen LogP contribution in [0.2, 0.25) is 0 Å². The van der Waals surface area contributed by atoms with E-state index in [4.69, 9.17) is 0 Å². The molecule has 12 heavy (non-hydrogen) atoms. The zero-order valence-electron chi connectivity index (χ0n) is 8.14. The summed E-state index contributed by atoms with van der Waals surface area (Å²) in [6, 6.07) is 0.535. The monoisotopic (exact) mass is 165 g/mol. The minimum Gasteiger partial charge on any atom is -0.310 e. The van der Waals surface area contributed by atoms with Gasteiger partial charge in [0.2, 0.25) is 0 Å². The zero-order valence-corrected chi connectivity index (χ0v) is 8.14. The molecule has 1 heterocycles. The second kappa shape index (κ2) is 6.86. The summed E-state index contributed by atoms with van der Waals surface area (Å²) < 4.78 is 0. The number of hydrogen-bond donors (Lipinski definition) is 1. The molecule has 1 aliphatic rings. The molecule has 1 saturated heterocycles. The van der Waals surface area contributed by atoms with Crippen LogP contribution in [0.3, 0.4) is 0 Å². The maximum Gasteiger partial charge on any atom is 0.0326 e. The molecule has 1 aliphatic heterocycles. The molecule has 0 aromatic rings. The first kappa shape index (κ1) is 11.2. The van der Waals surface area contributed by atoms with Gasteiger partial charge in [0.1, 0.15) is 0 Å². The highest BCUT2D eigenvalue weighted by Crippen LogP contribution is 2.10. The largest absolute Gasteiger partial charge is 0.310 e. The molecular formula is C11H19N. The van der Waals surface area contributed by atoms with E-state index >= 15 is 0 Å². The van der Waals surface area contributed by atoms with Crippen molar-refractivity contribution in [1.82, 2.24) is 5.32 Å². The van der Waals surface area contributed by atoms with E-state index in [9.17, 15) is 0 Å².